The molecule has 12 rings (SSSR count). The maximum absolute atomic E-state index is 6.76. The number of hydrogen-bond acceptors (Lipinski definition) is 2. The quantitative estimate of drug-likeness (QED) is 0.152. The van der Waals surface area contributed by atoms with Crippen molar-refractivity contribution in [1.29, 1.82) is 0 Å². The summed E-state index contributed by atoms with van der Waals surface area (Å²) in [4.78, 5) is 2.46. The van der Waals surface area contributed by atoms with E-state index in [0.717, 1.165) is 78.0 Å². The summed E-state index contributed by atoms with van der Waals surface area (Å²) in [6.07, 6.45) is 6.23. The smallest absolute Gasteiger partial charge is 0.137 e. The van der Waals surface area contributed by atoms with Crippen LogP contribution in [0.25, 0.3) is 95.0 Å². The van der Waals surface area contributed by atoms with Crippen LogP contribution in [-0.4, -0.2) is 4.57 Å². The highest BCUT2D eigenvalue weighted by Gasteiger charge is 2.38. The van der Waals surface area contributed by atoms with Crippen molar-refractivity contribution in [3.63, 3.8) is 0 Å². The lowest BCUT2D eigenvalue weighted by Crippen LogP contribution is -2.16. The number of fused-ring (bicyclic) bond motifs is 9. The molecule has 65 heavy (non-hydrogen) atoms. The Bertz CT molecular complexity index is 3700. The average molecular weight is 835 g/mol. The second kappa shape index (κ2) is 15.0. The first kappa shape index (κ1) is 38.5. The summed E-state index contributed by atoms with van der Waals surface area (Å²) in [7, 11) is 0. The molecule has 0 bridgehead atoms. The van der Waals surface area contributed by atoms with Crippen LogP contribution in [0.2, 0.25) is 0 Å². The Labute approximate surface area is 379 Å². The molecule has 1 aliphatic rings. The van der Waals surface area contributed by atoms with Gasteiger partial charge in [-0.3, -0.25) is 0 Å². The van der Waals surface area contributed by atoms with E-state index >= 15 is 0 Å². The molecule has 11 aromatic rings. The summed E-state index contributed by atoms with van der Waals surface area (Å²) in [5.74, 6) is 0. The molecule has 2 aromatic heterocycles. The van der Waals surface area contributed by atoms with Gasteiger partial charge in [-0.25, -0.2) is 0 Å². The van der Waals surface area contributed by atoms with Crippen molar-refractivity contribution in [2.45, 2.75) is 26.2 Å². The number of benzene rings is 9. The van der Waals surface area contributed by atoms with Crippen LogP contribution >= 0.6 is 0 Å². The van der Waals surface area contributed by atoms with Crippen LogP contribution in [0.15, 0.2) is 211 Å². The SMILES string of the molecule is C=Cc1cc2c(cc1/C=C\C)c1cc(-c3ccc4oc5cccc(N(c6ccc(-c7ccccc7)cc6)c6cccc7c6-c6ccccc6C7(C)C)c5c4c3)ccc1n2-c1ccccc1. The molecule has 1 aliphatic carbocycles. The molecule has 0 amide bonds. The average Bonchev–Trinajstić information content (AvgIpc) is 3.97. The monoisotopic (exact) mass is 834 g/mol. The molecule has 0 aliphatic heterocycles. The molecular formula is C62H46N2O. The Hall–Kier alpha value is -8.14. The maximum Gasteiger partial charge on any atom is 0.137 e. The van der Waals surface area contributed by atoms with E-state index in [9.17, 15) is 0 Å². The lowest BCUT2D eigenvalue weighted by atomic mass is 9.82. The van der Waals surface area contributed by atoms with Crippen molar-refractivity contribution in [2.24, 2.45) is 0 Å². The van der Waals surface area contributed by atoms with E-state index in [1.807, 2.05) is 6.08 Å². The van der Waals surface area contributed by atoms with Crippen LogP contribution in [0.4, 0.5) is 17.1 Å². The predicted octanol–water partition coefficient (Wildman–Crippen LogP) is 17.5. The van der Waals surface area contributed by atoms with Crippen molar-refractivity contribution < 1.29 is 4.42 Å². The second-order valence-corrected chi connectivity index (χ2v) is 17.7. The zero-order valence-corrected chi connectivity index (χ0v) is 36.7. The van der Waals surface area contributed by atoms with Gasteiger partial charge in [0.05, 0.1) is 27.8 Å². The Morgan fingerprint density at radius 3 is 1.95 bits per heavy atom. The first-order valence-electron chi connectivity index (χ1n) is 22.5. The third-order valence-electron chi connectivity index (χ3n) is 13.7. The molecule has 0 unspecified atom stereocenters. The summed E-state index contributed by atoms with van der Waals surface area (Å²) in [5, 5.41) is 4.56. The number of hydrogen-bond donors (Lipinski definition) is 0. The van der Waals surface area contributed by atoms with Gasteiger partial charge in [0.1, 0.15) is 11.2 Å². The molecule has 9 aromatic carbocycles. The fourth-order valence-corrected chi connectivity index (χ4v) is 10.6. The van der Waals surface area contributed by atoms with Gasteiger partial charge >= 0.3 is 0 Å². The van der Waals surface area contributed by atoms with E-state index in [4.69, 9.17) is 4.42 Å². The van der Waals surface area contributed by atoms with Gasteiger partial charge in [-0.1, -0.05) is 154 Å². The van der Waals surface area contributed by atoms with E-state index in [1.165, 1.54) is 44.2 Å². The number of para-hydroxylation sites is 1. The van der Waals surface area contributed by atoms with Crippen LogP contribution in [0.1, 0.15) is 43.0 Å². The van der Waals surface area contributed by atoms with Crippen molar-refractivity contribution in [2.75, 3.05) is 4.90 Å². The summed E-state index contributed by atoms with van der Waals surface area (Å²) < 4.78 is 9.13. The molecule has 0 saturated carbocycles. The standard InChI is InChI=1S/C62H46N2O/c1-5-17-43-36-50-49-37-44(30-34-54(49)63(46-20-11-8-12-21-46)57(50)39-40(43)6-2)45-31-35-58-51(38-45)61-56(26-16-27-59(61)65-58)64(47-32-28-42(29-33-47)41-18-9-7-10-19-41)55-25-15-24-53-60(55)48-22-13-14-23-52(48)62(53,3)4/h5-39H,2H2,1,3-4H3/b17-5-. The third kappa shape index (κ3) is 6.04. The van der Waals surface area contributed by atoms with Gasteiger partial charge in [0, 0.05) is 38.5 Å². The minimum absolute atomic E-state index is 0.148. The van der Waals surface area contributed by atoms with Crippen LogP contribution in [0, 0.1) is 0 Å². The summed E-state index contributed by atoms with van der Waals surface area (Å²) >= 11 is 0. The van der Waals surface area contributed by atoms with Gasteiger partial charge in [-0.05, 0) is 136 Å². The Kier molecular flexibility index (Phi) is 8.89. The Balaban J connectivity index is 1.07. The number of anilines is 3. The molecule has 2 heterocycles. The predicted molar refractivity (Wildman–Crippen MR) is 276 cm³/mol. The Morgan fingerprint density at radius 1 is 0.523 bits per heavy atom. The van der Waals surface area contributed by atoms with Gasteiger partial charge in [0.15, 0.2) is 0 Å². The second-order valence-electron chi connectivity index (χ2n) is 17.7. The highest BCUT2D eigenvalue weighted by molar-refractivity contribution is 6.16. The van der Waals surface area contributed by atoms with Crippen LogP contribution in [0.3, 0.4) is 0 Å². The molecular weight excluding hydrogens is 789 g/mol. The van der Waals surface area contributed by atoms with Crippen LogP contribution in [0.5, 0.6) is 0 Å². The largest absolute Gasteiger partial charge is 0.456 e. The van der Waals surface area contributed by atoms with Crippen LogP contribution < -0.4 is 4.90 Å². The number of allylic oxidation sites excluding steroid dienone is 1. The summed E-state index contributed by atoms with van der Waals surface area (Å²) in [6.45, 7) is 10.9. The van der Waals surface area contributed by atoms with Gasteiger partial charge in [-0.2, -0.15) is 0 Å². The van der Waals surface area contributed by atoms with Crippen molar-refractivity contribution in [3.8, 4) is 39.1 Å². The number of rotatable bonds is 8. The minimum Gasteiger partial charge on any atom is -0.456 e. The van der Waals surface area contributed by atoms with Crippen molar-refractivity contribution in [1.82, 2.24) is 4.57 Å². The molecule has 3 nitrogen and oxygen atoms in total. The van der Waals surface area contributed by atoms with E-state index in [2.05, 4.69) is 243 Å². The minimum atomic E-state index is -0.148. The highest BCUT2D eigenvalue weighted by atomic mass is 16.3. The number of nitrogens with zero attached hydrogens (tertiary/aromatic N) is 2. The molecule has 0 N–H and O–H groups in total. The third-order valence-corrected chi connectivity index (χ3v) is 13.7. The van der Waals surface area contributed by atoms with Gasteiger partial charge in [0.25, 0.3) is 0 Å². The van der Waals surface area contributed by atoms with E-state index in [1.54, 1.807) is 0 Å². The first-order chi connectivity index (χ1) is 31.9. The zero-order chi connectivity index (χ0) is 43.8. The normalized spacial score (nSPS) is 13.0. The maximum atomic E-state index is 6.76. The molecule has 0 fully saturated rings. The molecule has 310 valence electrons. The first-order valence-corrected chi connectivity index (χ1v) is 22.5. The van der Waals surface area contributed by atoms with Gasteiger partial charge in [0.2, 0.25) is 0 Å². The summed E-state index contributed by atoms with van der Waals surface area (Å²) in [5.41, 5.74) is 20.4. The van der Waals surface area contributed by atoms with Crippen molar-refractivity contribution in [3.05, 3.63) is 229 Å². The van der Waals surface area contributed by atoms with Gasteiger partial charge in [-0.15, -0.1) is 0 Å². The summed E-state index contributed by atoms with van der Waals surface area (Å²) in [6, 6.07) is 70.7. The van der Waals surface area contributed by atoms with E-state index in [0.29, 0.717) is 0 Å². The molecule has 0 atom stereocenters. The Morgan fingerprint density at radius 2 is 1.17 bits per heavy atom. The van der Waals surface area contributed by atoms with E-state index in [-0.39, 0.29) is 5.41 Å². The fraction of sp³-hybridized carbons (Fsp3) is 0.0645. The topological polar surface area (TPSA) is 21.3 Å². The fourth-order valence-electron chi connectivity index (χ4n) is 10.6. The lowest BCUT2D eigenvalue weighted by Gasteiger charge is -2.29. The molecule has 0 radical (unpaired) electrons. The van der Waals surface area contributed by atoms with Gasteiger partial charge < -0.3 is 13.9 Å². The lowest BCUT2D eigenvalue weighted by molar-refractivity contribution is 0.660. The van der Waals surface area contributed by atoms with E-state index < -0.39 is 0 Å². The number of aromatic nitrogens is 1. The van der Waals surface area contributed by atoms with Crippen molar-refractivity contribution >= 4 is 73.0 Å². The highest BCUT2D eigenvalue weighted by Crippen LogP contribution is 2.55. The molecule has 0 saturated heterocycles. The molecule has 3 heteroatoms. The zero-order valence-electron chi connectivity index (χ0n) is 36.7. The number of furan rings is 1. The van der Waals surface area contributed by atoms with Crippen LogP contribution in [-0.2, 0) is 5.41 Å². The molecule has 0 spiro atoms.